The van der Waals surface area contributed by atoms with Gasteiger partial charge in [-0.3, -0.25) is 14.4 Å². The van der Waals surface area contributed by atoms with E-state index in [2.05, 4.69) is 69.4 Å². The number of ether oxygens (including phenoxy) is 3. The summed E-state index contributed by atoms with van der Waals surface area (Å²) < 4.78 is 16.9. The van der Waals surface area contributed by atoms with Gasteiger partial charge in [0, 0.05) is 19.3 Å². The fourth-order valence-corrected chi connectivity index (χ4v) is 10.9. The number of allylic oxidation sites excluding steroid dienone is 8. The SMILES string of the molecule is CCCCC/C=C\C/C=C\CCCCCCCC(=O)OCC(COC(=O)CCCCCCCCCCCCCCCCCCCCCCCCCCCCCCCCCCC)OC(=O)CCCCCCC/C=C\C/C=C\CCCCC. The monoisotopic (exact) mass is 1140 g/mol. The Kier molecular flexibility index (Phi) is 67.6. The van der Waals surface area contributed by atoms with Crippen molar-refractivity contribution in [3.8, 4) is 0 Å². The van der Waals surface area contributed by atoms with E-state index in [-0.39, 0.29) is 31.1 Å². The van der Waals surface area contributed by atoms with Crippen LogP contribution >= 0.6 is 0 Å². The molecular weight excluding hydrogens is 997 g/mol. The molecule has 0 bridgehead atoms. The van der Waals surface area contributed by atoms with Crippen LogP contribution in [0.15, 0.2) is 48.6 Å². The Morgan fingerprint density at radius 3 is 0.704 bits per heavy atom. The molecule has 0 amide bonds. The summed E-state index contributed by atoms with van der Waals surface area (Å²) in [5.41, 5.74) is 0. The van der Waals surface area contributed by atoms with Crippen LogP contribution in [-0.4, -0.2) is 37.2 Å². The molecule has 1 atom stereocenters. The normalized spacial score (nSPS) is 12.3. The van der Waals surface area contributed by atoms with Crippen LogP contribution in [0.1, 0.15) is 393 Å². The van der Waals surface area contributed by atoms with E-state index in [1.807, 2.05) is 0 Å². The van der Waals surface area contributed by atoms with Crippen molar-refractivity contribution in [3.63, 3.8) is 0 Å². The number of hydrogen-bond donors (Lipinski definition) is 0. The molecule has 0 aliphatic carbocycles. The first kappa shape index (κ1) is 78.4. The van der Waals surface area contributed by atoms with Gasteiger partial charge in [-0.05, 0) is 83.5 Å². The van der Waals surface area contributed by atoms with Crippen LogP contribution in [0.2, 0.25) is 0 Å². The minimum absolute atomic E-state index is 0.0800. The lowest BCUT2D eigenvalue weighted by molar-refractivity contribution is -0.167. The third kappa shape index (κ3) is 68.0. The molecule has 1 unspecified atom stereocenters. The van der Waals surface area contributed by atoms with Crippen molar-refractivity contribution in [2.24, 2.45) is 0 Å². The summed E-state index contributed by atoms with van der Waals surface area (Å²) in [7, 11) is 0. The Bertz CT molecular complexity index is 1400. The molecule has 0 heterocycles. The lowest BCUT2D eigenvalue weighted by Gasteiger charge is -2.18. The molecule has 0 aromatic carbocycles. The Labute approximate surface area is 505 Å². The summed E-state index contributed by atoms with van der Waals surface area (Å²) >= 11 is 0. The first-order chi connectivity index (χ1) is 40.0. The highest BCUT2D eigenvalue weighted by Crippen LogP contribution is 2.19. The maximum atomic E-state index is 12.9. The Balaban J connectivity index is 4.12. The van der Waals surface area contributed by atoms with Crippen LogP contribution in [0.3, 0.4) is 0 Å². The topological polar surface area (TPSA) is 78.9 Å². The predicted octanol–water partition coefficient (Wildman–Crippen LogP) is 24.9. The van der Waals surface area contributed by atoms with Gasteiger partial charge in [-0.25, -0.2) is 0 Å². The third-order valence-corrected chi connectivity index (χ3v) is 16.3. The highest BCUT2D eigenvalue weighted by molar-refractivity contribution is 5.71. The molecule has 0 fully saturated rings. The molecule has 474 valence electrons. The van der Waals surface area contributed by atoms with E-state index in [0.717, 1.165) is 103 Å². The number of esters is 3. The van der Waals surface area contributed by atoms with Crippen molar-refractivity contribution in [1.29, 1.82) is 0 Å². The van der Waals surface area contributed by atoms with Gasteiger partial charge in [-0.15, -0.1) is 0 Å². The van der Waals surface area contributed by atoms with E-state index < -0.39 is 6.10 Å². The van der Waals surface area contributed by atoms with Gasteiger partial charge in [0.05, 0.1) is 0 Å². The Hall–Kier alpha value is -2.63. The van der Waals surface area contributed by atoms with Crippen molar-refractivity contribution in [2.45, 2.75) is 399 Å². The number of carbonyl (C=O) groups excluding carboxylic acids is 3. The van der Waals surface area contributed by atoms with Gasteiger partial charge in [-0.1, -0.05) is 339 Å². The van der Waals surface area contributed by atoms with Crippen molar-refractivity contribution in [2.75, 3.05) is 13.2 Å². The summed E-state index contributed by atoms with van der Waals surface area (Å²) in [5, 5.41) is 0. The number of unbranched alkanes of at least 4 members (excludes halogenated alkanes) is 48. The molecule has 0 aliphatic heterocycles. The maximum Gasteiger partial charge on any atom is 0.306 e. The zero-order chi connectivity index (χ0) is 58.5. The molecule has 0 spiro atoms. The van der Waals surface area contributed by atoms with Crippen molar-refractivity contribution < 1.29 is 28.6 Å². The highest BCUT2D eigenvalue weighted by Gasteiger charge is 2.19. The first-order valence-electron chi connectivity index (χ1n) is 36.1. The number of rotatable bonds is 67. The third-order valence-electron chi connectivity index (χ3n) is 16.3. The zero-order valence-electron chi connectivity index (χ0n) is 54.6. The van der Waals surface area contributed by atoms with Crippen LogP contribution in [0.4, 0.5) is 0 Å². The molecule has 6 nitrogen and oxygen atoms in total. The van der Waals surface area contributed by atoms with E-state index >= 15 is 0 Å². The van der Waals surface area contributed by atoms with E-state index in [1.165, 1.54) is 250 Å². The van der Waals surface area contributed by atoms with Crippen LogP contribution in [0.25, 0.3) is 0 Å². The molecule has 0 aromatic heterocycles. The van der Waals surface area contributed by atoms with Crippen LogP contribution in [0, 0.1) is 0 Å². The summed E-state index contributed by atoms with van der Waals surface area (Å²) in [6, 6.07) is 0. The Morgan fingerprint density at radius 1 is 0.247 bits per heavy atom. The highest BCUT2D eigenvalue weighted by atomic mass is 16.6. The first-order valence-corrected chi connectivity index (χ1v) is 36.1. The molecule has 0 radical (unpaired) electrons. The molecule has 0 aromatic rings. The molecular formula is C75H138O6. The summed E-state index contributed by atoms with van der Waals surface area (Å²) in [6.45, 7) is 6.63. The van der Waals surface area contributed by atoms with E-state index in [0.29, 0.717) is 19.3 Å². The number of hydrogen-bond acceptors (Lipinski definition) is 6. The van der Waals surface area contributed by atoms with Gasteiger partial charge in [0.25, 0.3) is 0 Å². The maximum absolute atomic E-state index is 12.9. The van der Waals surface area contributed by atoms with Crippen LogP contribution < -0.4 is 0 Å². The smallest absolute Gasteiger partial charge is 0.306 e. The van der Waals surface area contributed by atoms with Gasteiger partial charge in [0.15, 0.2) is 6.10 Å². The molecule has 0 saturated carbocycles. The fraction of sp³-hybridized carbons (Fsp3) is 0.853. The minimum atomic E-state index is -0.786. The number of carbonyl (C=O) groups is 3. The van der Waals surface area contributed by atoms with Gasteiger partial charge < -0.3 is 14.2 Å². The van der Waals surface area contributed by atoms with Crippen LogP contribution in [0.5, 0.6) is 0 Å². The van der Waals surface area contributed by atoms with Gasteiger partial charge in [0.1, 0.15) is 13.2 Å². The standard InChI is InChI=1S/C75H138O6/c1-4-7-10-13-16-19-22-25-28-29-30-31-32-33-34-35-36-37-38-39-40-41-42-43-44-45-48-50-53-56-59-62-65-68-74(77)80-71-72(81-75(78)69-66-63-60-57-54-51-47-27-24-21-18-15-12-9-6-3)70-79-73(76)67-64-61-58-55-52-49-46-26-23-20-17-14-11-8-5-2/h17-18,20-21,26-27,46-47,72H,4-16,19,22-25,28-45,48-71H2,1-3H3/b20-17-,21-18-,46-26-,47-27-. The van der Waals surface area contributed by atoms with E-state index in [9.17, 15) is 14.4 Å². The zero-order valence-corrected chi connectivity index (χ0v) is 54.6. The second-order valence-electron chi connectivity index (χ2n) is 24.5. The second kappa shape index (κ2) is 69.9. The largest absolute Gasteiger partial charge is 0.462 e. The molecule has 0 N–H and O–H groups in total. The van der Waals surface area contributed by atoms with E-state index in [4.69, 9.17) is 14.2 Å². The van der Waals surface area contributed by atoms with Gasteiger partial charge in [0.2, 0.25) is 0 Å². The lowest BCUT2D eigenvalue weighted by atomic mass is 10.0. The van der Waals surface area contributed by atoms with Gasteiger partial charge >= 0.3 is 17.9 Å². The van der Waals surface area contributed by atoms with Crippen molar-refractivity contribution in [1.82, 2.24) is 0 Å². The van der Waals surface area contributed by atoms with Crippen LogP contribution in [-0.2, 0) is 28.6 Å². The average Bonchev–Trinajstić information content (AvgIpc) is 3.47. The van der Waals surface area contributed by atoms with Crippen molar-refractivity contribution in [3.05, 3.63) is 48.6 Å². The fourth-order valence-electron chi connectivity index (χ4n) is 10.9. The minimum Gasteiger partial charge on any atom is -0.462 e. The quantitative estimate of drug-likeness (QED) is 0.0261. The van der Waals surface area contributed by atoms with Gasteiger partial charge in [-0.2, -0.15) is 0 Å². The summed E-state index contributed by atoms with van der Waals surface area (Å²) in [6.07, 6.45) is 88.8. The van der Waals surface area contributed by atoms with E-state index in [1.54, 1.807) is 0 Å². The average molecular weight is 1140 g/mol. The molecule has 0 rings (SSSR count). The summed E-state index contributed by atoms with van der Waals surface area (Å²) in [4.78, 5) is 38.4. The second-order valence-corrected chi connectivity index (χ2v) is 24.5. The molecule has 6 heteroatoms. The van der Waals surface area contributed by atoms with Crippen molar-refractivity contribution >= 4 is 17.9 Å². The molecule has 81 heavy (non-hydrogen) atoms. The summed E-state index contributed by atoms with van der Waals surface area (Å²) in [5.74, 6) is -0.886. The Morgan fingerprint density at radius 2 is 0.444 bits per heavy atom. The molecule has 0 saturated heterocycles. The molecule has 0 aliphatic rings. The lowest BCUT2D eigenvalue weighted by Crippen LogP contribution is -2.30. The predicted molar refractivity (Wildman–Crippen MR) is 353 cm³/mol.